The first kappa shape index (κ1) is 21.2. The molecule has 0 saturated carbocycles. The molecule has 2 aromatic rings. The molecule has 2 aromatic carbocycles. The summed E-state index contributed by atoms with van der Waals surface area (Å²) in [4.78, 5) is 0. The minimum Gasteiger partial charge on any atom is -0.386 e. The first-order chi connectivity index (χ1) is 12.6. The summed E-state index contributed by atoms with van der Waals surface area (Å²) in [7, 11) is 0. The van der Waals surface area contributed by atoms with Crippen LogP contribution in [0.5, 0.6) is 0 Å². The lowest BCUT2D eigenvalue weighted by Gasteiger charge is -2.25. The van der Waals surface area contributed by atoms with E-state index in [1.807, 2.05) is 48.5 Å². The van der Waals surface area contributed by atoms with Gasteiger partial charge >= 0.3 is 0 Å². The highest BCUT2D eigenvalue weighted by molar-refractivity contribution is 6.30. The van der Waals surface area contributed by atoms with Crippen molar-refractivity contribution < 1.29 is 5.11 Å². The maximum Gasteiger partial charge on any atom is 0.0984 e. The van der Waals surface area contributed by atoms with E-state index in [1.54, 1.807) is 0 Å². The van der Waals surface area contributed by atoms with Gasteiger partial charge < -0.3 is 10.4 Å². The molecule has 0 aliphatic carbocycles. The van der Waals surface area contributed by atoms with Crippen molar-refractivity contribution in [2.75, 3.05) is 6.54 Å². The minimum atomic E-state index is -0.645. The third-order valence-electron chi connectivity index (χ3n) is 4.65. The topological polar surface area (TPSA) is 32.3 Å². The molecule has 2 atom stereocenters. The highest BCUT2D eigenvalue weighted by Crippen LogP contribution is 2.30. The molecule has 0 fully saturated rings. The summed E-state index contributed by atoms with van der Waals surface area (Å²) >= 11 is 12.0. The van der Waals surface area contributed by atoms with E-state index in [0.717, 1.165) is 24.1 Å². The Bertz CT molecular complexity index is 628. The second-order valence-electron chi connectivity index (χ2n) is 6.75. The minimum absolute atomic E-state index is 0.177. The molecule has 0 heterocycles. The lowest BCUT2D eigenvalue weighted by Crippen LogP contribution is -2.28. The zero-order valence-electron chi connectivity index (χ0n) is 15.4. The number of nitrogens with one attached hydrogen (secondary N) is 1. The molecular formula is C22H29Cl2NO. The van der Waals surface area contributed by atoms with Crippen LogP contribution in [0.15, 0.2) is 48.5 Å². The molecule has 0 amide bonds. The van der Waals surface area contributed by atoms with Gasteiger partial charge in [0.25, 0.3) is 0 Å². The predicted octanol–water partition coefficient (Wildman–Crippen LogP) is 6.72. The zero-order chi connectivity index (χ0) is 18.8. The van der Waals surface area contributed by atoms with Gasteiger partial charge in [0.2, 0.25) is 0 Å². The van der Waals surface area contributed by atoms with Crippen LogP contribution >= 0.6 is 23.2 Å². The molecule has 2 rings (SSSR count). The molecule has 2 N–H and O–H groups in total. The third-order valence-corrected chi connectivity index (χ3v) is 5.15. The smallest absolute Gasteiger partial charge is 0.0984 e. The molecule has 0 aliphatic rings. The summed E-state index contributed by atoms with van der Waals surface area (Å²) < 4.78 is 0. The number of aliphatic hydroxyl groups excluding tert-OH is 1. The fraction of sp³-hybridized carbons (Fsp3) is 0.455. The van der Waals surface area contributed by atoms with Crippen molar-refractivity contribution in [1.29, 1.82) is 0 Å². The Balaban J connectivity index is 1.99. The largest absolute Gasteiger partial charge is 0.386 e. The van der Waals surface area contributed by atoms with Gasteiger partial charge in [-0.05, 0) is 48.4 Å². The molecule has 2 unspecified atom stereocenters. The first-order valence-corrected chi connectivity index (χ1v) is 10.3. The number of rotatable bonds is 11. The lowest BCUT2D eigenvalue weighted by molar-refractivity contribution is 0.128. The van der Waals surface area contributed by atoms with E-state index in [-0.39, 0.29) is 6.04 Å². The normalized spacial score (nSPS) is 13.5. The SMILES string of the molecule is CCCCCCCCNC(c1ccc(Cl)cc1)C(O)c1ccc(Cl)cc1. The summed E-state index contributed by atoms with van der Waals surface area (Å²) in [6, 6.07) is 14.9. The van der Waals surface area contributed by atoms with Gasteiger partial charge in [-0.25, -0.2) is 0 Å². The molecular weight excluding hydrogens is 365 g/mol. The van der Waals surface area contributed by atoms with Crippen LogP contribution in [-0.2, 0) is 0 Å². The summed E-state index contributed by atoms with van der Waals surface area (Å²) in [6.45, 7) is 3.11. The fourth-order valence-corrected chi connectivity index (χ4v) is 3.35. The quantitative estimate of drug-likeness (QED) is 0.415. The second kappa shape index (κ2) is 11.6. The standard InChI is InChI=1S/C22H29Cl2NO/c1-2-3-4-5-6-7-16-25-21(17-8-12-19(23)13-9-17)22(26)18-10-14-20(24)15-11-18/h8-15,21-22,25-26H,2-7,16H2,1H3. The van der Waals surface area contributed by atoms with Crippen LogP contribution in [0.25, 0.3) is 0 Å². The van der Waals surface area contributed by atoms with E-state index in [4.69, 9.17) is 23.2 Å². The van der Waals surface area contributed by atoms with Crippen LogP contribution in [0.2, 0.25) is 10.0 Å². The van der Waals surface area contributed by atoms with Crippen LogP contribution in [-0.4, -0.2) is 11.7 Å². The first-order valence-electron chi connectivity index (χ1n) is 9.54. The van der Waals surface area contributed by atoms with Crippen molar-refractivity contribution in [2.45, 2.75) is 57.6 Å². The van der Waals surface area contributed by atoms with Gasteiger partial charge in [0.05, 0.1) is 12.1 Å². The van der Waals surface area contributed by atoms with Crippen molar-refractivity contribution >= 4 is 23.2 Å². The zero-order valence-corrected chi connectivity index (χ0v) is 16.9. The Kier molecular flexibility index (Phi) is 9.49. The van der Waals surface area contributed by atoms with E-state index in [1.165, 1.54) is 32.1 Å². The number of hydrogen-bond acceptors (Lipinski definition) is 2. The molecule has 26 heavy (non-hydrogen) atoms. The Labute approximate surface area is 167 Å². The summed E-state index contributed by atoms with van der Waals surface area (Å²) in [5.41, 5.74) is 1.88. The Hall–Kier alpha value is -1.06. The number of halogens is 2. The van der Waals surface area contributed by atoms with Crippen molar-refractivity contribution in [2.24, 2.45) is 0 Å². The van der Waals surface area contributed by atoms with Crippen molar-refractivity contribution in [3.05, 3.63) is 69.7 Å². The Morgan fingerprint density at radius 2 is 1.27 bits per heavy atom. The van der Waals surface area contributed by atoms with E-state index < -0.39 is 6.10 Å². The molecule has 0 saturated heterocycles. The maximum atomic E-state index is 10.9. The number of benzene rings is 2. The van der Waals surface area contributed by atoms with Crippen LogP contribution in [0, 0.1) is 0 Å². The average molecular weight is 394 g/mol. The molecule has 0 bridgehead atoms. The average Bonchev–Trinajstić information content (AvgIpc) is 2.65. The van der Waals surface area contributed by atoms with Gasteiger partial charge in [0.1, 0.15) is 0 Å². The Morgan fingerprint density at radius 3 is 1.85 bits per heavy atom. The fourth-order valence-electron chi connectivity index (χ4n) is 3.10. The third kappa shape index (κ3) is 6.92. The monoisotopic (exact) mass is 393 g/mol. The van der Waals surface area contributed by atoms with Crippen LogP contribution in [0.4, 0.5) is 0 Å². The van der Waals surface area contributed by atoms with Gasteiger partial charge in [0.15, 0.2) is 0 Å². The van der Waals surface area contributed by atoms with Crippen molar-refractivity contribution in [3.8, 4) is 0 Å². The lowest BCUT2D eigenvalue weighted by atomic mass is 9.95. The van der Waals surface area contributed by atoms with Crippen LogP contribution < -0.4 is 5.32 Å². The maximum absolute atomic E-state index is 10.9. The van der Waals surface area contributed by atoms with E-state index in [9.17, 15) is 5.11 Å². The van der Waals surface area contributed by atoms with E-state index in [0.29, 0.717) is 10.0 Å². The number of aliphatic hydroxyl groups is 1. The molecule has 142 valence electrons. The molecule has 2 nitrogen and oxygen atoms in total. The number of unbranched alkanes of at least 4 members (excludes halogenated alkanes) is 5. The molecule has 0 aromatic heterocycles. The predicted molar refractivity (Wildman–Crippen MR) is 112 cm³/mol. The highest BCUT2D eigenvalue weighted by atomic mass is 35.5. The van der Waals surface area contributed by atoms with Crippen LogP contribution in [0.3, 0.4) is 0 Å². The molecule has 0 spiro atoms. The molecule has 0 radical (unpaired) electrons. The Morgan fingerprint density at radius 1 is 0.769 bits per heavy atom. The van der Waals surface area contributed by atoms with Gasteiger partial charge in [0, 0.05) is 10.0 Å². The second-order valence-corrected chi connectivity index (χ2v) is 7.62. The highest BCUT2D eigenvalue weighted by Gasteiger charge is 2.22. The summed E-state index contributed by atoms with van der Waals surface area (Å²) in [5, 5.41) is 15.8. The molecule has 4 heteroatoms. The van der Waals surface area contributed by atoms with E-state index in [2.05, 4.69) is 12.2 Å². The van der Waals surface area contributed by atoms with Gasteiger partial charge in [-0.2, -0.15) is 0 Å². The van der Waals surface area contributed by atoms with Crippen LogP contribution in [0.1, 0.15) is 68.7 Å². The summed E-state index contributed by atoms with van der Waals surface area (Å²) in [6.07, 6.45) is 6.86. The number of hydrogen-bond donors (Lipinski definition) is 2. The van der Waals surface area contributed by atoms with Gasteiger partial charge in [-0.1, -0.05) is 86.5 Å². The summed E-state index contributed by atoms with van der Waals surface area (Å²) in [5.74, 6) is 0. The van der Waals surface area contributed by atoms with E-state index >= 15 is 0 Å². The van der Waals surface area contributed by atoms with Gasteiger partial charge in [-0.3, -0.25) is 0 Å². The van der Waals surface area contributed by atoms with Gasteiger partial charge in [-0.15, -0.1) is 0 Å². The van der Waals surface area contributed by atoms with Crippen molar-refractivity contribution in [1.82, 2.24) is 5.32 Å². The van der Waals surface area contributed by atoms with Crippen molar-refractivity contribution in [3.63, 3.8) is 0 Å². The molecule has 0 aliphatic heterocycles.